The number of carbonyl (C=O) groups is 4. The third kappa shape index (κ3) is 7.59. The van der Waals surface area contributed by atoms with Crippen molar-refractivity contribution in [3.63, 3.8) is 0 Å². The maximum atomic E-state index is 15.5. The van der Waals surface area contributed by atoms with Crippen LogP contribution >= 0.6 is 11.6 Å². The summed E-state index contributed by atoms with van der Waals surface area (Å²) in [4.78, 5) is 68.1. The molecule has 0 radical (unpaired) electrons. The lowest BCUT2D eigenvalue weighted by atomic mass is 9.92. The van der Waals surface area contributed by atoms with Crippen LogP contribution in [0.2, 0.25) is 5.02 Å². The minimum atomic E-state index is -0.714. The van der Waals surface area contributed by atoms with Crippen molar-refractivity contribution in [2.45, 2.75) is 82.6 Å². The van der Waals surface area contributed by atoms with Gasteiger partial charge >= 0.3 is 0 Å². The number of likely N-dealkylation sites (tertiary alicyclic amines) is 1. The first-order valence-corrected chi connectivity index (χ1v) is 21.3. The Labute approximate surface area is 348 Å². The van der Waals surface area contributed by atoms with Crippen molar-refractivity contribution in [1.29, 1.82) is 5.26 Å². The van der Waals surface area contributed by atoms with E-state index in [0.29, 0.717) is 64.3 Å². The summed E-state index contributed by atoms with van der Waals surface area (Å²) in [6.45, 7) is 6.35. The smallest absolute Gasteiger partial charge is 0.256 e. The van der Waals surface area contributed by atoms with E-state index < -0.39 is 6.04 Å². The fourth-order valence-electron chi connectivity index (χ4n) is 9.90. The number of carbonyl (C=O) groups excluding carboxylic acids is 4. The number of nitrogens with zero attached hydrogens (tertiary/aromatic N) is 8. The maximum absolute atomic E-state index is 15.5. The zero-order valence-corrected chi connectivity index (χ0v) is 34.0. The zero-order valence-electron chi connectivity index (χ0n) is 33.2. The van der Waals surface area contributed by atoms with E-state index in [1.54, 1.807) is 24.3 Å². The summed E-state index contributed by atoms with van der Waals surface area (Å²) in [7, 11) is 1.44. The summed E-state index contributed by atoms with van der Waals surface area (Å²) in [6.07, 6.45) is 5.95. The Kier molecular flexibility index (Phi) is 10.7. The monoisotopic (exact) mass is 822 g/mol. The number of rotatable bonds is 8. The number of ether oxygens (including phenoxy) is 1. The topological polar surface area (TPSA) is 134 Å². The molecule has 0 bridgehead atoms. The molecule has 1 unspecified atom stereocenters. The Balaban J connectivity index is 0.733. The summed E-state index contributed by atoms with van der Waals surface area (Å²) >= 11 is 6.20. The van der Waals surface area contributed by atoms with Crippen LogP contribution < -0.4 is 14.5 Å². The Morgan fingerprint density at radius 2 is 1.58 bits per heavy atom. The molecule has 308 valence electrons. The van der Waals surface area contributed by atoms with Crippen molar-refractivity contribution >= 4 is 46.7 Å². The number of anilines is 2. The summed E-state index contributed by atoms with van der Waals surface area (Å²) in [5, 5.41) is 9.53. The number of hydrogen-bond donors (Lipinski definition) is 0. The number of likely N-dealkylation sites (N-methyl/N-ethyl adjacent to an activating group) is 1. The molecule has 6 aliphatic rings. The number of benzene rings is 2. The quantitative estimate of drug-likeness (QED) is 0.278. The Bertz CT molecular complexity index is 2230. The SMILES string of the molecule is CN1C(=O)CCC(N2Cc3cc(F)c(N4CCN(CC5CCN(c6ccc7c(n6)CN([C@H]6CC[C@H](Oc8ccc(C#N)c(Cl)c8)CC6)C7=O)CC5)CC4)cc3C2=O)C1=O. The number of amides is 4. The van der Waals surface area contributed by atoms with E-state index in [4.69, 9.17) is 26.6 Å². The van der Waals surface area contributed by atoms with Gasteiger partial charge in [-0.2, -0.15) is 5.26 Å². The first-order valence-electron chi connectivity index (χ1n) is 20.9. The molecule has 3 aromatic rings. The lowest BCUT2D eigenvalue weighted by Crippen LogP contribution is -2.53. The normalized spacial score (nSPS) is 24.2. The van der Waals surface area contributed by atoms with E-state index in [0.717, 1.165) is 87.7 Å². The van der Waals surface area contributed by atoms with Gasteiger partial charge in [-0.15, -0.1) is 0 Å². The van der Waals surface area contributed by atoms with Crippen molar-refractivity contribution in [3.8, 4) is 11.8 Å². The van der Waals surface area contributed by atoms with Gasteiger partial charge in [0.2, 0.25) is 5.91 Å². The van der Waals surface area contributed by atoms with Crippen LogP contribution in [0.5, 0.6) is 5.75 Å². The fraction of sp³-hybridized carbons (Fsp3) is 0.500. The molecule has 9 rings (SSSR count). The second kappa shape index (κ2) is 16.1. The fourth-order valence-corrected chi connectivity index (χ4v) is 10.1. The second-order valence-corrected chi connectivity index (χ2v) is 17.3. The number of piperidine rings is 2. The lowest BCUT2D eigenvalue weighted by Gasteiger charge is -2.40. The molecule has 2 aromatic carbocycles. The molecule has 0 spiro atoms. The molecule has 1 aromatic heterocycles. The molecule has 1 saturated carbocycles. The van der Waals surface area contributed by atoms with E-state index in [9.17, 15) is 19.2 Å². The van der Waals surface area contributed by atoms with Crippen LogP contribution in [0, 0.1) is 23.1 Å². The van der Waals surface area contributed by atoms with E-state index in [1.165, 1.54) is 18.0 Å². The van der Waals surface area contributed by atoms with Gasteiger partial charge in [0.1, 0.15) is 29.5 Å². The predicted octanol–water partition coefficient (Wildman–Crippen LogP) is 5.23. The molecule has 5 aliphatic heterocycles. The second-order valence-electron chi connectivity index (χ2n) is 16.9. The van der Waals surface area contributed by atoms with Gasteiger partial charge in [0.15, 0.2) is 0 Å². The molecule has 59 heavy (non-hydrogen) atoms. The molecule has 1 atom stereocenters. The number of pyridine rings is 1. The molecule has 4 fully saturated rings. The molecule has 15 heteroatoms. The van der Waals surface area contributed by atoms with E-state index in [2.05, 4.69) is 15.9 Å². The van der Waals surface area contributed by atoms with Crippen LogP contribution in [0.25, 0.3) is 0 Å². The highest BCUT2D eigenvalue weighted by Gasteiger charge is 2.42. The third-order valence-corrected chi connectivity index (χ3v) is 13.7. The minimum Gasteiger partial charge on any atom is -0.490 e. The highest BCUT2D eigenvalue weighted by atomic mass is 35.5. The van der Waals surface area contributed by atoms with Gasteiger partial charge in [-0.05, 0) is 92.8 Å². The van der Waals surface area contributed by atoms with E-state index in [1.807, 2.05) is 21.9 Å². The highest BCUT2D eigenvalue weighted by Crippen LogP contribution is 2.36. The van der Waals surface area contributed by atoms with Gasteiger partial charge in [-0.25, -0.2) is 9.37 Å². The molecule has 1 aliphatic carbocycles. The Morgan fingerprint density at radius 3 is 2.31 bits per heavy atom. The molecule has 3 saturated heterocycles. The third-order valence-electron chi connectivity index (χ3n) is 13.4. The van der Waals surface area contributed by atoms with E-state index >= 15 is 4.39 Å². The van der Waals surface area contributed by atoms with Gasteiger partial charge in [0.25, 0.3) is 17.7 Å². The molecule has 4 amide bonds. The molecular weight excluding hydrogens is 775 g/mol. The number of nitriles is 1. The van der Waals surface area contributed by atoms with Crippen LogP contribution in [0.15, 0.2) is 42.5 Å². The number of hydrogen-bond acceptors (Lipinski definition) is 10. The first-order chi connectivity index (χ1) is 28.5. The highest BCUT2D eigenvalue weighted by molar-refractivity contribution is 6.31. The minimum absolute atomic E-state index is 0.0356. The van der Waals surface area contributed by atoms with E-state index in [-0.39, 0.29) is 61.0 Å². The van der Waals surface area contributed by atoms with Crippen LogP contribution in [0.3, 0.4) is 0 Å². The number of aromatic nitrogens is 1. The lowest BCUT2D eigenvalue weighted by molar-refractivity contribution is -0.150. The van der Waals surface area contributed by atoms with Crippen molar-refractivity contribution in [1.82, 2.24) is 24.6 Å². The number of fused-ring (bicyclic) bond motifs is 2. The average molecular weight is 823 g/mol. The van der Waals surface area contributed by atoms with Gasteiger partial charge < -0.3 is 24.3 Å². The maximum Gasteiger partial charge on any atom is 0.256 e. The van der Waals surface area contributed by atoms with Gasteiger partial charge in [0, 0.05) is 83.5 Å². The Hall–Kier alpha value is -5.26. The number of halogens is 2. The van der Waals surface area contributed by atoms with Gasteiger partial charge in [0.05, 0.1) is 40.2 Å². The van der Waals surface area contributed by atoms with Crippen LogP contribution in [0.1, 0.15) is 88.9 Å². The van der Waals surface area contributed by atoms with Crippen LogP contribution in [0.4, 0.5) is 15.9 Å². The number of piperazine rings is 1. The van der Waals surface area contributed by atoms with Gasteiger partial charge in [-0.3, -0.25) is 29.0 Å². The molecular formula is C44H48ClFN8O5. The van der Waals surface area contributed by atoms with Crippen LogP contribution in [-0.4, -0.2) is 119 Å². The average Bonchev–Trinajstić information content (AvgIpc) is 3.75. The number of imide groups is 1. The van der Waals surface area contributed by atoms with Crippen molar-refractivity contribution in [2.24, 2.45) is 5.92 Å². The Morgan fingerprint density at radius 1 is 0.831 bits per heavy atom. The van der Waals surface area contributed by atoms with Gasteiger partial charge in [-0.1, -0.05) is 11.6 Å². The summed E-state index contributed by atoms with van der Waals surface area (Å²) in [5.74, 6) is 0.891. The first kappa shape index (κ1) is 39.2. The molecule has 6 heterocycles. The predicted molar refractivity (Wildman–Crippen MR) is 218 cm³/mol. The summed E-state index contributed by atoms with van der Waals surface area (Å²) in [6, 6.07) is 13.7. The molecule has 0 N–H and O–H groups in total. The zero-order chi connectivity index (χ0) is 40.9. The molecule has 13 nitrogen and oxygen atoms in total. The van der Waals surface area contributed by atoms with Crippen molar-refractivity contribution in [2.75, 3.05) is 62.7 Å². The standard InChI is InChI=1S/C44H48ClFN8O5/c1-49-41(55)11-9-38(44(49)58)54-25-29-20-36(46)39(22-34(29)43(54)57)51-18-16-50(17-19-51)24-27-12-14-52(15-13-27)40-10-8-33-37(48-40)26-53(42(33)56)30-3-6-31(7-4-30)59-32-5-2-28(23-47)35(45)21-32/h2,5,8,10,20-22,27,30-31,38H,3-4,6-7,9,11-19,24-26H2,1H3/t30-,31-,38?. The van der Waals surface area contributed by atoms with Crippen molar-refractivity contribution in [3.05, 3.63) is 81.3 Å². The van der Waals surface area contributed by atoms with Crippen LogP contribution in [-0.2, 0) is 22.7 Å². The largest absolute Gasteiger partial charge is 0.490 e. The van der Waals surface area contributed by atoms with Crippen molar-refractivity contribution < 1.29 is 28.3 Å². The summed E-state index contributed by atoms with van der Waals surface area (Å²) < 4.78 is 21.7. The summed E-state index contributed by atoms with van der Waals surface area (Å²) in [5.41, 5.74) is 3.40.